The summed E-state index contributed by atoms with van der Waals surface area (Å²) in [5.74, 6) is -2.52. The summed E-state index contributed by atoms with van der Waals surface area (Å²) in [6, 6.07) is 19.7. The fraction of sp³-hybridized carbons (Fsp3) is 0.530. The molecular weight excluding hydrogens is 1100 g/mol. The third-order valence-electron chi connectivity index (χ3n) is 18.4. The number of carbonyl (C=O) groups is 6. The van der Waals surface area contributed by atoms with Gasteiger partial charge in [-0.3, -0.25) is 38.8 Å². The second kappa shape index (κ2) is 23.9. The largest absolute Gasteiger partial charge is 0.593 e. The van der Waals surface area contributed by atoms with Gasteiger partial charge in [0.25, 0.3) is 5.91 Å². The van der Waals surface area contributed by atoms with Crippen molar-refractivity contribution in [3.8, 4) is 28.1 Å². The molecule has 1 spiro atoms. The predicted molar refractivity (Wildman–Crippen MR) is 322 cm³/mol. The topological polar surface area (TPSA) is 208 Å². The number of hydrogen-bond acceptors (Lipinski definition) is 13. The molecule has 5 aliphatic heterocycles. The van der Waals surface area contributed by atoms with Crippen LogP contribution in [0.3, 0.4) is 0 Å². The van der Waals surface area contributed by atoms with Gasteiger partial charge in [0.1, 0.15) is 23.9 Å². The van der Waals surface area contributed by atoms with Crippen LogP contribution in [-0.4, -0.2) is 139 Å². The number of hydrazine groups is 1. The van der Waals surface area contributed by atoms with Gasteiger partial charge in [-0.15, -0.1) is 4.31 Å². The summed E-state index contributed by atoms with van der Waals surface area (Å²) in [4.78, 5) is 96.6. The Balaban J connectivity index is 0.924. The minimum absolute atomic E-state index is 0.0496. The van der Waals surface area contributed by atoms with Crippen molar-refractivity contribution in [1.82, 2.24) is 39.4 Å². The van der Waals surface area contributed by atoms with Crippen LogP contribution in [0.5, 0.6) is 5.75 Å². The first kappa shape index (κ1) is 60.1. The molecule has 3 aromatic carbocycles. The molecule has 85 heavy (non-hydrogen) atoms. The van der Waals surface area contributed by atoms with Gasteiger partial charge in [-0.1, -0.05) is 71.4 Å². The van der Waals surface area contributed by atoms with Crippen LogP contribution in [-0.2, 0) is 69.0 Å². The normalized spacial score (nSPS) is 25.3. The van der Waals surface area contributed by atoms with E-state index in [2.05, 4.69) is 54.3 Å². The molecule has 6 aliphatic rings. The van der Waals surface area contributed by atoms with E-state index in [4.69, 9.17) is 19.2 Å². The fourth-order valence-corrected chi connectivity index (χ4v) is 15.0. The molecule has 4 saturated heterocycles. The maximum Gasteiger partial charge on any atom is 0.324 e. The molecule has 1 saturated carbocycles. The van der Waals surface area contributed by atoms with Crippen LogP contribution in [0.4, 0.5) is 0 Å². The second-order valence-corrected chi connectivity index (χ2v) is 27.4. The SMILES string of the molecule is CCn1c(-c2cccnc2[C@H](C)OC)c2c3cc(ccc31)-c1cc(cc(OC(=O)C(C)C)c1)C[C@H](NC(=O)[C@H](C(C)C)N1CC[C@]3(CCN(C(=O)[C@H]4[C@@H](C5CC5)N4[S@+]([O-])c4ccc(C)cc4)C3)C1=O)C(=O)N1CCC[C@H](N1)C(=O)OCC(C)(C)C2. The van der Waals surface area contributed by atoms with Crippen LogP contribution in [0.15, 0.2) is 83.9 Å². The number of likely N-dealkylation sites (tertiary alicyclic amines) is 2. The molecule has 1 unspecified atom stereocenters. The molecule has 6 bridgehead atoms. The molecule has 2 N–H and O–H groups in total. The molecule has 4 amide bonds. The van der Waals surface area contributed by atoms with E-state index in [1.807, 2.05) is 80.5 Å². The molecule has 19 heteroatoms. The predicted octanol–water partition coefficient (Wildman–Crippen LogP) is 8.28. The monoisotopic (exact) mass is 1180 g/mol. The van der Waals surface area contributed by atoms with E-state index < -0.39 is 76.0 Å². The van der Waals surface area contributed by atoms with Gasteiger partial charge >= 0.3 is 11.9 Å². The number of hydrogen-bond donors (Lipinski definition) is 2. The van der Waals surface area contributed by atoms with Crippen LogP contribution in [0, 0.1) is 35.5 Å². The quantitative estimate of drug-likeness (QED) is 0.0465. The molecule has 9 atom stereocenters. The van der Waals surface area contributed by atoms with E-state index >= 15 is 14.4 Å². The lowest BCUT2D eigenvalue weighted by molar-refractivity contribution is -0.155. The van der Waals surface area contributed by atoms with Gasteiger partial charge in [0.2, 0.25) is 17.7 Å². The number of aryl methyl sites for hydroxylation is 2. The maximum absolute atomic E-state index is 15.3. The zero-order valence-corrected chi connectivity index (χ0v) is 51.6. The van der Waals surface area contributed by atoms with Crippen molar-refractivity contribution in [1.29, 1.82) is 0 Å². The summed E-state index contributed by atoms with van der Waals surface area (Å²) < 4.78 is 36.2. The Morgan fingerprint density at radius 1 is 0.929 bits per heavy atom. The Labute approximate surface area is 501 Å². The summed E-state index contributed by atoms with van der Waals surface area (Å²) in [5, 5.41) is 5.51. The van der Waals surface area contributed by atoms with Gasteiger partial charge in [0, 0.05) is 74.3 Å². The molecule has 18 nitrogen and oxygen atoms in total. The highest BCUT2D eigenvalue weighted by Crippen LogP contribution is 2.52. The number of amides is 4. The van der Waals surface area contributed by atoms with Crippen molar-refractivity contribution in [2.24, 2.45) is 28.6 Å². The van der Waals surface area contributed by atoms with E-state index in [1.54, 1.807) is 43.0 Å². The van der Waals surface area contributed by atoms with Crippen molar-refractivity contribution in [3.05, 3.63) is 101 Å². The van der Waals surface area contributed by atoms with Crippen LogP contribution >= 0.6 is 0 Å². The van der Waals surface area contributed by atoms with Gasteiger partial charge in [-0.25, -0.2) is 5.43 Å². The Kier molecular flexibility index (Phi) is 16.9. The summed E-state index contributed by atoms with van der Waals surface area (Å²) in [7, 11) is 1.67. The number of rotatable bonds is 14. The Hall–Kier alpha value is -6.64. The number of cyclic esters (lactones) is 1. The lowest BCUT2D eigenvalue weighted by atomic mass is 9.84. The van der Waals surface area contributed by atoms with Crippen LogP contribution < -0.4 is 15.5 Å². The molecule has 2 aromatic heterocycles. The zero-order chi connectivity index (χ0) is 60.4. The number of benzene rings is 3. The average Bonchev–Trinajstić information content (AvgIpc) is 1.69. The molecule has 0 radical (unpaired) electrons. The minimum atomic E-state index is -1.50. The number of pyridine rings is 1. The van der Waals surface area contributed by atoms with Crippen LogP contribution in [0.1, 0.15) is 122 Å². The van der Waals surface area contributed by atoms with E-state index in [0.29, 0.717) is 61.6 Å². The molecule has 7 heterocycles. The highest BCUT2D eigenvalue weighted by molar-refractivity contribution is 7.89. The Bertz CT molecular complexity index is 3410. The minimum Gasteiger partial charge on any atom is -0.593 e. The van der Waals surface area contributed by atoms with E-state index in [0.717, 1.165) is 62.9 Å². The van der Waals surface area contributed by atoms with Gasteiger partial charge in [0.05, 0.1) is 52.8 Å². The number of esters is 2. The molecule has 1 aliphatic carbocycles. The molecule has 11 rings (SSSR count). The molecule has 5 aromatic rings. The fourth-order valence-electron chi connectivity index (χ4n) is 13.5. The lowest BCUT2D eigenvalue weighted by Crippen LogP contribution is -2.62. The Morgan fingerprint density at radius 3 is 2.39 bits per heavy atom. The number of nitrogens with zero attached hydrogens (tertiary/aromatic N) is 6. The van der Waals surface area contributed by atoms with Gasteiger partial charge < -0.3 is 38.4 Å². The number of ether oxygens (including phenoxy) is 3. The molecule has 5 fully saturated rings. The van der Waals surface area contributed by atoms with E-state index in [9.17, 15) is 18.9 Å². The van der Waals surface area contributed by atoms with Crippen LogP contribution in [0.25, 0.3) is 33.3 Å². The zero-order valence-electron chi connectivity index (χ0n) is 50.8. The highest BCUT2D eigenvalue weighted by atomic mass is 32.2. The number of methoxy groups -OCH3 is 1. The third kappa shape index (κ3) is 11.9. The van der Waals surface area contributed by atoms with Crippen molar-refractivity contribution in [2.45, 2.75) is 161 Å². The number of nitrogens with one attached hydrogen (secondary N) is 2. The van der Waals surface area contributed by atoms with E-state index in [-0.39, 0.29) is 68.3 Å². The van der Waals surface area contributed by atoms with Crippen molar-refractivity contribution in [3.63, 3.8) is 0 Å². The second-order valence-electron chi connectivity index (χ2n) is 26.0. The molecular formula is C66H82N8O10S. The number of fused-ring (bicyclic) bond motifs is 6. The number of carbonyl (C=O) groups excluding carboxylic acids is 6. The first-order valence-corrected chi connectivity index (χ1v) is 31.6. The summed E-state index contributed by atoms with van der Waals surface area (Å²) in [6.07, 6.45) is 5.66. The van der Waals surface area contributed by atoms with Crippen molar-refractivity contribution >= 4 is 57.8 Å². The van der Waals surface area contributed by atoms with Crippen molar-refractivity contribution in [2.75, 3.05) is 39.9 Å². The van der Waals surface area contributed by atoms with E-state index in [1.165, 1.54) is 5.01 Å². The standard InChI is InChI=1S/C66H82N8O10S/c1-11-71-53-23-20-44-34-49(53)50(57(71)48-14-12-26-67-54(48)41(7)82-10)35-65(8,9)37-83-63(79)51-15-13-27-73(69-51)60(76)52(32-42-30-45(44)33-46(31-42)84-62(78)39(4)5)68-59(75)55(38(2)3)72-29-25-66(64(72)80)24-28-70(36-66)61(77)58-56(43-18-19-43)74(58)85(81)47-21-16-40(6)17-22-47/h12,14,16-17,20-23,26,30-31,33-34,38-39,41,43,51-52,55-56,58,69H,11,13,15,18-19,24-25,27-29,32,35-37H2,1-10H3,(H,68,75)/t41-,51-,52-,55-,56+,58+,66-,74?,85+/m0/s1. The van der Waals surface area contributed by atoms with Crippen molar-refractivity contribution < 1.29 is 47.5 Å². The van der Waals surface area contributed by atoms with Gasteiger partial charge in [-0.05, 0) is 148 Å². The van der Waals surface area contributed by atoms with Crippen LogP contribution in [0.2, 0.25) is 0 Å². The first-order chi connectivity index (χ1) is 40.6. The third-order valence-corrected chi connectivity index (χ3v) is 19.9. The summed E-state index contributed by atoms with van der Waals surface area (Å²) >= 11 is -1.50. The van der Waals surface area contributed by atoms with Gasteiger partial charge in [-0.2, -0.15) is 0 Å². The summed E-state index contributed by atoms with van der Waals surface area (Å²) in [6.45, 7) is 19.3. The smallest absolute Gasteiger partial charge is 0.324 e. The highest BCUT2D eigenvalue weighted by Gasteiger charge is 2.68. The lowest BCUT2D eigenvalue weighted by Gasteiger charge is -2.37. The first-order valence-electron chi connectivity index (χ1n) is 30.5. The Morgan fingerprint density at radius 2 is 1.68 bits per heavy atom. The average molecular weight is 1180 g/mol. The summed E-state index contributed by atoms with van der Waals surface area (Å²) in [5.41, 5.74) is 9.60. The maximum atomic E-state index is 15.3. The molecule has 452 valence electrons. The number of aromatic nitrogens is 2. The van der Waals surface area contributed by atoms with Gasteiger partial charge in [0.15, 0.2) is 10.9 Å².